The van der Waals surface area contributed by atoms with Crippen LogP contribution in [0.5, 0.6) is 0 Å². The highest BCUT2D eigenvalue weighted by Gasteiger charge is 2.34. The molecule has 0 radical (unpaired) electrons. The first-order valence-corrected chi connectivity index (χ1v) is 6.48. The van der Waals surface area contributed by atoms with Crippen LogP contribution in [0.25, 0.3) is 0 Å². The van der Waals surface area contributed by atoms with Crippen molar-refractivity contribution in [1.29, 1.82) is 0 Å². The minimum Gasteiger partial charge on any atom is -0.378 e. The molecule has 0 spiro atoms. The van der Waals surface area contributed by atoms with Crippen LogP contribution in [0.4, 0.5) is 0 Å². The Kier molecular flexibility index (Phi) is 2.95. The number of morpholine rings is 1. The topological polar surface area (TPSA) is 24.5 Å². The molecule has 2 aliphatic heterocycles. The minimum atomic E-state index is 0.649. The molecule has 0 aromatic carbocycles. The molecule has 2 unspecified atom stereocenters. The van der Waals surface area contributed by atoms with E-state index < -0.39 is 0 Å². The van der Waals surface area contributed by atoms with E-state index in [4.69, 9.17) is 4.74 Å². The van der Waals surface area contributed by atoms with Crippen LogP contribution in [0.3, 0.4) is 0 Å². The average molecular weight is 210 g/mol. The first-order chi connectivity index (χ1) is 7.43. The lowest BCUT2D eigenvalue weighted by Crippen LogP contribution is -2.62. The van der Waals surface area contributed by atoms with E-state index in [0.29, 0.717) is 6.04 Å². The maximum Gasteiger partial charge on any atom is 0.0634 e. The highest BCUT2D eigenvalue weighted by atomic mass is 16.5. The van der Waals surface area contributed by atoms with Crippen LogP contribution >= 0.6 is 0 Å². The third kappa shape index (κ3) is 2.05. The lowest BCUT2D eigenvalue weighted by Gasteiger charge is -2.44. The Labute approximate surface area is 92.2 Å². The molecule has 3 heteroatoms. The Hall–Kier alpha value is -0.120. The zero-order valence-electron chi connectivity index (χ0n) is 9.45. The third-order valence-electron chi connectivity index (χ3n) is 4.37. The van der Waals surface area contributed by atoms with Gasteiger partial charge in [0.1, 0.15) is 0 Å². The largest absolute Gasteiger partial charge is 0.378 e. The summed E-state index contributed by atoms with van der Waals surface area (Å²) in [4.78, 5) is 2.64. The Morgan fingerprint density at radius 3 is 2.93 bits per heavy atom. The van der Waals surface area contributed by atoms with Gasteiger partial charge >= 0.3 is 0 Å². The molecule has 0 amide bonds. The number of nitrogens with one attached hydrogen (secondary N) is 1. The van der Waals surface area contributed by atoms with Crippen LogP contribution in [0.2, 0.25) is 0 Å². The molecular formula is C12H22N2O. The van der Waals surface area contributed by atoms with Gasteiger partial charge in [0.15, 0.2) is 0 Å². The average Bonchev–Trinajstić information content (AvgIpc) is 2.82. The highest BCUT2D eigenvalue weighted by Crippen LogP contribution is 2.29. The van der Waals surface area contributed by atoms with Gasteiger partial charge in [-0.2, -0.15) is 0 Å². The van der Waals surface area contributed by atoms with Crippen molar-refractivity contribution in [3.05, 3.63) is 0 Å². The van der Waals surface area contributed by atoms with E-state index in [9.17, 15) is 0 Å². The fourth-order valence-corrected chi connectivity index (χ4v) is 3.40. The van der Waals surface area contributed by atoms with E-state index >= 15 is 0 Å². The van der Waals surface area contributed by atoms with Crippen LogP contribution < -0.4 is 5.32 Å². The van der Waals surface area contributed by atoms with Crippen molar-refractivity contribution in [2.45, 2.75) is 37.8 Å². The number of piperazine rings is 1. The van der Waals surface area contributed by atoms with Crippen molar-refractivity contribution < 1.29 is 4.74 Å². The number of hydrogen-bond donors (Lipinski definition) is 1. The van der Waals surface area contributed by atoms with Crippen LogP contribution in [-0.2, 0) is 4.74 Å². The fourth-order valence-electron chi connectivity index (χ4n) is 3.40. The lowest BCUT2D eigenvalue weighted by molar-refractivity contribution is -0.0311. The van der Waals surface area contributed by atoms with Gasteiger partial charge < -0.3 is 10.1 Å². The second-order valence-electron chi connectivity index (χ2n) is 5.28. The summed E-state index contributed by atoms with van der Waals surface area (Å²) >= 11 is 0. The van der Waals surface area contributed by atoms with E-state index in [0.717, 1.165) is 38.3 Å². The summed E-state index contributed by atoms with van der Waals surface area (Å²) < 4.78 is 5.52. The molecule has 3 nitrogen and oxygen atoms in total. The van der Waals surface area contributed by atoms with Crippen molar-refractivity contribution in [3.8, 4) is 0 Å². The Bertz CT molecular complexity index is 216. The van der Waals surface area contributed by atoms with Crippen molar-refractivity contribution in [3.63, 3.8) is 0 Å². The van der Waals surface area contributed by atoms with Gasteiger partial charge in [0.25, 0.3) is 0 Å². The van der Waals surface area contributed by atoms with Gasteiger partial charge in [-0.1, -0.05) is 12.8 Å². The van der Waals surface area contributed by atoms with E-state index in [1.165, 1.54) is 32.2 Å². The van der Waals surface area contributed by atoms with E-state index in [-0.39, 0.29) is 0 Å². The molecule has 1 saturated carbocycles. The summed E-state index contributed by atoms with van der Waals surface area (Å²) in [6.45, 7) is 5.42. The molecule has 2 atom stereocenters. The second kappa shape index (κ2) is 4.40. The first kappa shape index (κ1) is 10.1. The van der Waals surface area contributed by atoms with Gasteiger partial charge in [0, 0.05) is 31.7 Å². The normalized spacial score (nSPS) is 39.2. The number of hydrogen-bond acceptors (Lipinski definition) is 3. The molecule has 0 aromatic heterocycles. The van der Waals surface area contributed by atoms with Crippen LogP contribution in [-0.4, -0.2) is 49.8 Å². The highest BCUT2D eigenvalue weighted by molar-refractivity contribution is 4.92. The predicted molar refractivity (Wildman–Crippen MR) is 59.9 cm³/mol. The molecule has 2 saturated heterocycles. The van der Waals surface area contributed by atoms with Gasteiger partial charge in [0.05, 0.1) is 13.2 Å². The molecule has 0 bridgehead atoms. The Morgan fingerprint density at radius 2 is 2.07 bits per heavy atom. The maximum atomic E-state index is 5.52. The molecule has 2 heterocycles. The predicted octanol–water partition coefficient (Wildman–Crippen LogP) is 0.849. The molecule has 15 heavy (non-hydrogen) atoms. The summed E-state index contributed by atoms with van der Waals surface area (Å²) in [6.07, 6.45) is 5.81. The van der Waals surface area contributed by atoms with Crippen LogP contribution in [0.15, 0.2) is 0 Å². The zero-order valence-corrected chi connectivity index (χ0v) is 9.45. The summed E-state index contributed by atoms with van der Waals surface area (Å²) in [7, 11) is 0. The molecule has 0 aromatic rings. The number of ether oxygens (including phenoxy) is 1. The monoisotopic (exact) mass is 210 g/mol. The maximum absolute atomic E-state index is 5.52. The van der Waals surface area contributed by atoms with Crippen LogP contribution in [0, 0.1) is 5.92 Å². The molecule has 3 aliphatic rings. The standard InChI is InChI=1S/C12H22N2O/c1-2-4-10(3-1)12-8-14-5-6-15-9-11(14)7-13-12/h10-13H,1-9H2. The molecule has 3 fully saturated rings. The van der Waals surface area contributed by atoms with E-state index in [1.54, 1.807) is 0 Å². The van der Waals surface area contributed by atoms with Gasteiger partial charge in [-0.3, -0.25) is 4.90 Å². The fraction of sp³-hybridized carbons (Fsp3) is 1.00. The number of nitrogens with zero attached hydrogens (tertiary/aromatic N) is 1. The van der Waals surface area contributed by atoms with Crippen molar-refractivity contribution in [1.82, 2.24) is 10.2 Å². The molecular weight excluding hydrogens is 188 g/mol. The van der Waals surface area contributed by atoms with Crippen LogP contribution in [0.1, 0.15) is 25.7 Å². The molecule has 86 valence electrons. The van der Waals surface area contributed by atoms with Crippen molar-refractivity contribution in [2.24, 2.45) is 5.92 Å². The van der Waals surface area contributed by atoms with E-state index in [1.807, 2.05) is 0 Å². The number of fused-ring (bicyclic) bond motifs is 1. The van der Waals surface area contributed by atoms with E-state index in [2.05, 4.69) is 10.2 Å². The SMILES string of the molecule is C1CCC(C2CN3CCOCC3CN2)C1. The van der Waals surface area contributed by atoms with Crippen molar-refractivity contribution >= 4 is 0 Å². The molecule has 1 aliphatic carbocycles. The number of rotatable bonds is 1. The van der Waals surface area contributed by atoms with Gasteiger partial charge in [0.2, 0.25) is 0 Å². The lowest BCUT2D eigenvalue weighted by atomic mass is 9.94. The molecule has 1 N–H and O–H groups in total. The quantitative estimate of drug-likeness (QED) is 0.694. The first-order valence-electron chi connectivity index (χ1n) is 6.48. The van der Waals surface area contributed by atoms with Crippen molar-refractivity contribution in [2.75, 3.05) is 32.8 Å². The Balaban J connectivity index is 1.59. The zero-order chi connectivity index (χ0) is 10.1. The Morgan fingerprint density at radius 1 is 1.20 bits per heavy atom. The van der Waals surface area contributed by atoms with Gasteiger partial charge in [-0.05, 0) is 18.8 Å². The van der Waals surface area contributed by atoms with Gasteiger partial charge in [-0.25, -0.2) is 0 Å². The minimum absolute atomic E-state index is 0.649. The second-order valence-corrected chi connectivity index (χ2v) is 5.28. The smallest absolute Gasteiger partial charge is 0.0634 e. The summed E-state index contributed by atoms with van der Waals surface area (Å²) in [5, 5.41) is 3.74. The molecule has 3 rings (SSSR count). The third-order valence-corrected chi connectivity index (χ3v) is 4.37. The summed E-state index contributed by atoms with van der Waals surface area (Å²) in [6, 6.07) is 1.42. The summed E-state index contributed by atoms with van der Waals surface area (Å²) in [5.74, 6) is 0.953. The summed E-state index contributed by atoms with van der Waals surface area (Å²) in [5.41, 5.74) is 0. The van der Waals surface area contributed by atoms with Gasteiger partial charge in [-0.15, -0.1) is 0 Å².